The summed E-state index contributed by atoms with van der Waals surface area (Å²) in [5, 5.41) is 7.00. The van der Waals surface area contributed by atoms with Gasteiger partial charge in [0.05, 0.1) is 5.41 Å². The number of hydrogen-bond acceptors (Lipinski definition) is 3. The molecule has 2 aliphatic heterocycles. The number of nitrogens with zero attached hydrogens (tertiary/aromatic N) is 1. The Labute approximate surface area is 398 Å². The molecule has 1 aromatic heterocycles. The molecule has 0 spiro atoms. The SMILES string of the molecule is CC1(C)CCC(C)(C)c2cc3c(cc21)-c1c2c(cc4sc5ccccc5c14)Nc1c(cccc1C(c1ccccc1)(c1ccccc1)c1ccccc1)B2N3c1ccc(-c2ccccc2)cc1. The van der Waals surface area contributed by atoms with Gasteiger partial charge in [0.2, 0.25) is 0 Å². The Bertz CT molecular complexity index is 3440. The van der Waals surface area contributed by atoms with E-state index in [9.17, 15) is 0 Å². The van der Waals surface area contributed by atoms with Crippen molar-refractivity contribution < 1.29 is 0 Å². The van der Waals surface area contributed by atoms with Crippen molar-refractivity contribution in [3.8, 4) is 22.3 Å². The monoisotopic (exact) mass is 878 g/mol. The van der Waals surface area contributed by atoms with Gasteiger partial charge in [-0.2, -0.15) is 0 Å². The molecule has 67 heavy (non-hydrogen) atoms. The molecular weight excluding hydrogens is 828 g/mol. The molecule has 0 saturated heterocycles. The largest absolute Gasteiger partial charge is 0.376 e. The van der Waals surface area contributed by atoms with Gasteiger partial charge in [-0.15, -0.1) is 11.3 Å². The summed E-state index contributed by atoms with van der Waals surface area (Å²) in [7, 11) is 0. The van der Waals surface area contributed by atoms with Gasteiger partial charge in [-0.05, 0) is 121 Å². The smallest absolute Gasteiger partial charge is 0.333 e. The van der Waals surface area contributed by atoms with Crippen molar-refractivity contribution in [1.29, 1.82) is 0 Å². The number of fused-ring (bicyclic) bond motifs is 9. The van der Waals surface area contributed by atoms with Gasteiger partial charge in [0, 0.05) is 48.5 Å². The van der Waals surface area contributed by atoms with Gasteiger partial charge in [0.1, 0.15) is 0 Å². The molecule has 0 bridgehead atoms. The van der Waals surface area contributed by atoms with Crippen LogP contribution in [0, 0.1) is 0 Å². The van der Waals surface area contributed by atoms with E-state index in [0.717, 1.165) is 18.5 Å². The zero-order valence-corrected chi connectivity index (χ0v) is 39.3. The van der Waals surface area contributed by atoms with Gasteiger partial charge in [-0.25, -0.2) is 0 Å². The van der Waals surface area contributed by atoms with E-state index in [0.29, 0.717) is 0 Å². The number of rotatable bonds is 6. The molecule has 322 valence electrons. The number of hydrogen-bond donors (Lipinski definition) is 1. The predicted molar refractivity (Wildman–Crippen MR) is 287 cm³/mol. The lowest BCUT2D eigenvalue weighted by Crippen LogP contribution is -2.61. The van der Waals surface area contributed by atoms with E-state index in [1.807, 2.05) is 11.3 Å². The van der Waals surface area contributed by atoms with Crippen molar-refractivity contribution in [3.05, 3.63) is 240 Å². The van der Waals surface area contributed by atoms with E-state index < -0.39 is 5.41 Å². The summed E-state index contributed by atoms with van der Waals surface area (Å²) in [6, 6.07) is 77.6. The summed E-state index contributed by atoms with van der Waals surface area (Å²) in [5.41, 5.74) is 19.8. The molecule has 0 amide bonds. The highest BCUT2D eigenvalue weighted by Crippen LogP contribution is 2.56. The van der Waals surface area contributed by atoms with Crippen LogP contribution in [0.2, 0.25) is 0 Å². The molecule has 10 aromatic rings. The number of benzene rings is 9. The van der Waals surface area contributed by atoms with E-state index in [2.05, 4.69) is 244 Å². The summed E-state index contributed by atoms with van der Waals surface area (Å²) in [6.45, 7) is 9.72. The minimum atomic E-state index is -0.645. The van der Waals surface area contributed by atoms with Crippen molar-refractivity contribution in [3.63, 3.8) is 0 Å². The van der Waals surface area contributed by atoms with Crippen LogP contribution in [-0.2, 0) is 16.2 Å². The first-order chi connectivity index (χ1) is 32.7. The molecule has 13 rings (SSSR count). The Morgan fingerprint density at radius 2 is 1.09 bits per heavy atom. The molecule has 3 aliphatic rings. The molecule has 3 heterocycles. The third-order valence-electron chi connectivity index (χ3n) is 15.7. The fourth-order valence-electron chi connectivity index (χ4n) is 12.3. The van der Waals surface area contributed by atoms with Crippen LogP contribution in [0.15, 0.2) is 206 Å². The third-order valence-corrected chi connectivity index (χ3v) is 16.8. The molecule has 4 heteroatoms. The number of anilines is 4. The number of thiophene rings is 1. The molecule has 2 nitrogen and oxygen atoms in total. The standard InChI is InChI=1S/C63H51BN2S/c1-61(2)36-37-62(3,4)51-39-54-48(38-50(51)61)58-57-47-28-17-18-31-55(47)67-56(57)40-53-59(58)64(66(54)46-34-32-42(33-35-46)41-20-9-5-10-21-41)52-30-19-29-49(60(52)65-53)63(43-22-11-6-12-23-43,44-24-13-7-14-25-44)45-26-15-8-16-27-45/h5-35,38-40,65H,36-37H2,1-4H3. The van der Waals surface area contributed by atoms with Crippen LogP contribution >= 0.6 is 11.3 Å². The van der Waals surface area contributed by atoms with Gasteiger partial charge in [0.15, 0.2) is 0 Å². The summed E-state index contributed by atoms with van der Waals surface area (Å²) in [5.74, 6) is 0. The van der Waals surface area contributed by atoms with Crippen molar-refractivity contribution in [1.82, 2.24) is 0 Å². The Hall–Kier alpha value is -7.14. The van der Waals surface area contributed by atoms with Gasteiger partial charge in [-0.3, -0.25) is 0 Å². The van der Waals surface area contributed by atoms with Gasteiger partial charge in [0.25, 0.3) is 0 Å². The van der Waals surface area contributed by atoms with Crippen LogP contribution in [0.1, 0.15) is 73.9 Å². The van der Waals surface area contributed by atoms with Crippen molar-refractivity contribution in [2.24, 2.45) is 0 Å². The second kappa shape index (κ2) is 14.9. The average molecular weight is 879 g/mol. The second-order valence-corrected chi connectivity index (χ2v) is 21.4. The lowest BCUT2D eigenvalue weighted by molar-refractivity contribution is 0.332. The fourth-order valence-corrected chi connectivity index (χ4v) is 13.4. The van der Waals surface area contributed by atoms with Crippen LogP contribution in [0.4, 0.5) is 22.7 Å². The molecule has 9 aromatic carbocycles. The first kappa shape index (κ1) is 40.2. The number of para-hydroxylation sites is 1. The van der Waals surface area contributed by atoms with Gasteiger partial charge >= 0.3 is 6.85 Å². The predicted octanol–water partition coefficient (Wildman–Crippen LogP) is 15.4. The van der Waals surface area contributed by atoms with Crippen LogP contribution in [-0.4, -0.2) is 6.85 Å². The maximum atomic E-state index is 4.30. The van der Waals surface area contributed by atoms with Crippen LogP contribution < -0.4 is 21.1 Å². The highest BCUT2D eigenvalue weighted by molar-refractivity contribution is 7.26. The quantitative estimate of drug-likeness (QED) is 0.132. The maximum absolute atomic E-state index is 4.30. The topological polar surface area (TPSA) is 15.3 Å². The fraction of sp³-hybridized carbons (Fsp3) is 0.143. The Morgan fingerprint density at radius 3 is 1.72 bits per heavy atom. The van der Waals surface area contributed by atoms with Crippen molar-refractivity contribution in [2.75, 3.05) is 10.1 Å². The van der Waals surface area contributed by atoms with Gasteiger partial charge < -0.3 is 10.1 Å². The summed E-state index contributed by atoms with van der Waals surface area (Å²) in [6.07, 6.45) is 2.31. The zero-order valence-electron chi connectivity index (χ0n) is 38.5. The van der Waals surface area contributed by atoms with E-state index in [4.69, 9.17) is 0 Å². The van der Waals surface area contributed by atoms with Crippen LogP contribution in [0.25, 0.3) is 42.4 Å². The maximum Gasteiger partial charge on any atom is 0.333 e. The molecular formula is C63H51BN2S. The normalized spacial score (nSPS) is 15.3. The van der Waals surface area contributed by atoms with Crippen molar-refractivity contribution in [2.45, 2.75) is 56.8 Å². The lowest BCUT2D eigenvalue weighted by atomic mass is 9.42. The molecule has 0 unspecified atom stereocenters. The summed E-state index contributed by atoms with van der Waals surface area (Å²) >= 11 is 1.92. The first-order valence-electron chi connectivity index (χ1n) is 23.9. The first-order valence-corrected chi connectivity index (χ1v) is 24.7. The molecule has 0 fully saturated rings. The van der Waals surface area contributed by atoms with Crippen molar-refractivity contribution >= 4 is 72.0 Å². The lowest BCUT2D eigenvalue weighted by Gasteiger charge is -2.47. The minimum absolute atomic E-state index is 0.0229. The summed E-state index contributed by atoms with van der Waals surface area (Å²) in [4.78, 5) is 2.72. The summed E-state index contributed by atoms with van der Waals surface area (Å²) < 4.78 is 2.63. The third kappa shape index (κ3) is 5.95. The molecule has 1 N–H and O–H groups in total. The number of nitrogens with one attached hydrogen (secondary N) is 1. The average Bonchev–Trinajstić information content (AvgIpc) is 3.75. The molecule has 0 radical (unpaired) electrons. The zero-order chi connectivity index (χ0) is 45.1. The minimum Gasteiger partial charge on any atom is -0.376 e. The molecule has 1 aliphatic carbocycles. The molecule has 0 atom stereocenters. The Kier molecular flexibility index (Phi) is 8.96. The van der Waals surface area contributed by atoms with E-state index in [-0.39, 0.29) is 17.7 Å². The van der Waals surface area contributed by atoms with E-state index in [1.165, 1.54) is 104 Å². The Morgan fingerprint density at radius 1 is 0.537 bits per heavy atom. The van der Waals surface area contributed by atoms with Crippen LogP contribution in [0.5, 0.6) is 0 Å². The van der Waals surface area contributed by atoms with Crippen LogP contribution in [0.3, 0.4) is 0 Å². The highest BCUT2D eigenvalue weighted by Gasteiger charge is 2.49. The van der Waals surface area contributed by atoms with E-state index >= 15 is 0 Å². The van der Waals surface area contributed by atoms with E-state index in [1.54, 1.807) is 0 Å². The second-order valence-electron chi connectivity index (χ2n) is 20.3. The molecule has 0 saturated carbocycles. The highest BCUT2D eigenvalue weighted by atomic mass is 32.1. The van der Waals surface area contributed by atoms with Gasteiger partial charge in [-0.1, -0.05) is 198 Å². The Balaban J connectivity index is 1.17.